The topological polar surface area (TPSA) is 79.8 Å². The Kier molecular flexibility index (Phi) is 9.75. The molecular formula is C23H30N2O4. The number of carbonyl (C=O) groups is 1. The lowest BCUT2D eigenvalue weighted by Gasteiger charge is -2.17. The van der Waals surface area contributed by atoms with Crippen molar-refractivity contribution in [2.45, 2.75) is 31.9 Å². The second-order valence-corrected chi connectivity index (χ2v) is 6.84. The number of alkyl carbamates (subject to hydrolysis) is 1. The van der Waals surface area contributed by atoms with Crippen LogP contribution in [0.1, 0.15) is 24.5 Å². The Labute approximate surface area is 172 Å². The van der Waals surface area contributed by atoms with Crippen molar-refractivity contribution >= 4 is 12.2 Å². The number of aliphatic hydroxyl groups excluding tert-OH is 1. The molecule has 2 rings (SSSR count). The molecule has 0 heterocycles. The van der Waals surface area contributed by atoms with Crippen LogP contribution in [-0.2, 0) is 11.2 Å². The fourth-order valence-corrected chi connectivity index (χ4v) is 2.66. The number of hydrogen-bond acceptors (Lipinski definition) is 5. The fourth-order valence-electron chi connectivity index (χ4n) is 2.66. The summed E-state index contributed by atoms with van der Waals surface area (Å²) in [5, 5.41) is 16.0. The van der Waals surface area contributed by atoms with Gasteiger partial charge in [0, 0.05) is 18.8 Å². The van der Waals surface area contributed by atoms with Crippen molar-refractivity contribution in [1.82, 2.24) is 10.6 Å². The third kappa shape index (κ3) is 9.27. The lowest BCUT2D eigenvalue weighted by Crippen LogP contribution is -2.36. The van der Waals surface area contributed by atoms with Crippen LogP contribution in [0.5, 0.6) is 5.75 Å². The van der Waals surface area contributed by atoms with E-state index in [9.17, 15) is 9.90 Å². The maximum atomic E-state index is 11.0. The average molecular weight is 399 g/mol. The predicted octanol–water partition coefficient (Wildman–Crippen LogP) is 3.36. The third-order valence-electron chi connectivity index (χ3n) is 4.40. The monoisotopic (exact) mass is 398 g/mol. The van der Waals surface area contributed by atoms with Crippen molar-refractivity contribution in [3.8, 4) is 5.75 Å². The molecule has 0 aliphatic heterocycles. The Bertz CT molecular complexity index is 747. The molecule has 3 N–H and O–H groups in total. The number of ether oxygens (including phenoxy) is 2. The summed E-state index contributed by atoms with van der Waals surface area (Å²) in [6.45, 7) is 2.82. The van der Waals surface area contributed by atoms with Crippen molar-refractivity contribution in [3.05, 3.63) is 71.9 Å². The van der Waals surface area contributed by atoms with E-state index in [1.807, 2.05) is 30.3 Å². The molecule has 2 aromatic carbocycles. The Hall–Kier alpha value is -2.83. The van der Waals surface area contributed by atoms with Crippen molar-refractivity contribution < 1.29 is 19.4 Å². The summed E-state index contributed by atoms with van der Waals surface area (Å²) < 4.78 is 10.1. The molecule has 2 unspecified atom stereocenters. The second kappa shape index (κ2) is 12.6. The summed E-state index contributed by atoms with van der Waals surface area (Å²) in [7, 11) is 1.31. The molecule has 0 spiro atoms. The zero-order valence-electron chi connectivity index (χ0n) is 17.0. The van der Waals surface area contributed by atoms with E-state index < -0.39 is 12.2 Å². The number of amides is 1. The first-order valence-electron chi connectivity index (χ1n) is 9.76. The number of aliphatic hydroxyl groups is 1. The van der Waals surface area contributed by atoms with E-state index in [1.165, 1.54) is 18.9 Å². The summed E-state index contributed by atoms with van der Waals surface area (Å²) in [6.07, 6.45) is 4.18. The van der Waals surface area contributed by atoms with Crippen LogP contribution < -0.4 is 15.4 Å². The Morgan fingerprint density at radius 2 is 1.86 bits per heavy atom. The summed E-state index contributed by atoms with van der Waals surface area (Å²) >= 11 is 0. The largest absolute Gasteiger partial charge is 0.491 e. The van der Waals surface area contributed by atoms with E-state index in [1.54, 1.807) is 6.08 Å². The highest BCUT2D eigenvalue weighted by atomic mass is 16.5. The minimum atomic E-state index is -0.585. The van der Waals surface area contributed by atoms with E-state index in [0.717, 1.165) is 18.4 Å². The Balaban J connectivity index is 1.64. The van der Waals surface area contributed by atoms with Crippen LogP contribution in [0.2, 0.25) is 0 Å². The first-order chi connectivity index (χ1) is 14.1. The number of rotatable bonds is 11. The first kappa shape index (κ1) is 22.5. The molecule has 0 aliphatic carbocycles. The summed E-state index contributed by atoms with van der Waals surface area (Å²) in [4.78, 5) is 11.0. The van der Waals surface area contributed by atoms with Gasteiger partial charge in [0.2, 0.25) is 0 Å². The number of methoxy groups -OCH3 is 1. The predicted molar refractivity (Wildman–Crippen MR) is 115 cm³/mol. The number of hydrogen-bond donors (Lipinski definition) is 3. The second-order valence-electron chi connectivity index (χ2n) is 6.84. The molecule has 29 heavy (non-hydrogen) atoms. The van der Waals surface area contributed by atoms with E-state index in [4.69, 9.17) is 4.74 Å². The molecule has 2 atom stereocenters. The van der Waals surface area contributed by atoms with Gasteiger partial charge in [-0.3, -0.25) is 5.32 Å². The van der Waals surface area contributed by atoms with Gasteiger partial charge in [0.15, 0.2) is 0 Å². The summed E-state index contributed by atoms with van der Waals surface area (Å²) in [5.74, 6) is 0.680. The Morgan fingerprint density at radius 3 is 2.55 bits per heavy atom. The molecule has 0 saturated heterocycles. The quantitative estimate of drug-likeness (QED) is 0.541. The molecular weight excluding hydrogens is 368 g/mol. The lowest BCUT2D eigenvalue weighted by molar-refractivity contribution is 0.104. The summed E-state index contributed by atoms with van der Waals surface area (Å²) in [5.41, 5.74) is 2.23. The van der Waals surface area contributed by atoms with Gasteiger partial charge in [-0.1, -0.05) is 42.5 Å². The van der Waals surface area contributed by atoms with Crippen molar-refractivity contribution in [2.24, 2.45) is 0 Å². The Morgan fingerprint density at radius 1 is 1.14 bits per heavy atom. The maximum Gasteiger partial charge on any atom is 0.410 e. The molecule has 0 radical (unpaired) electrons. The molecule has 0 bridgehead atoms. The third-order valence-corrected chi connectivity index (χ3v) is 4.40. The van der Waals surface area contributed by atoms with Gasteiger partial charge in [0.05, 0.1) is 7.11 Å². The van der Waals surface area contributed by atoms with Crippen LogP contribution in [0.3, 0.4) is 0 Å². The van der Waals surface area contributed by atoms with Crippen LogP contribution in [-0.4, -0.2) is 43.6 Å². The van der Waals surface area contributed by atoms with E-state index in [0.29, 0.717) is 18.3 Å². The van der Waals surface area contributed by atoms with Crippen LogP contribution in [0.25, 0.3) is 6.08 Å². The highest BCUT2D eigenvalue weighted by Gasteiger charge is 2.08. The molecule has 2 aromatic rings. The normalized spacial score (nSPS) is 13.1. The fraction of sp³-hybridized carbons (Fsp3) is 0.348. The van der Waals surface area contributed by atoms with Gasteiger partial charge in [-0.15, -0.1) is 0 Å². The highest BCUT2D eigenvalue weighted by Crippen LogP contribution is 2.13. The maximum absolute atomic E-state index is 11.0. The van der Waals surface area contributed by atoms with Crippen molar-refractivity contribution in [3.63, 3.8) is 0 Å². The van der Waals surface area contributed by atoms with Gasteiger partial charge in [0.25, 0.3) is 0 Å². The standard InChI is InChI=1S/C23H30N2O4/c1-18(8-9-19-6-4-3-5-7-19)25-16-21(26)17-29-22-12-10-20(11-13-22)14-15-24-23(27)28-2/h3-7,10-15,18,21,25-26H,8-9,16-17H2,1-2H3,(H,24,27)/b15-14+. The molecule has 0 aromatic heterocycles. The van der Waals surface area contributed by atoms with Crippen molar-refractivity contribution in [2.75, 3.05) is 20.3 Å². The SMILES string of the molecule is COC(=O)N/C=C/c1ccc(OCC(O)CNC(C)CCc2ccccc2)cc1. The van der Waals surface area contributed by atoms with Gasteiger partial charge in [-0.2, -0.15) is 0 Å². The van der Waals surface area contributed by atoms with E-state index >= 15 is 0 Å². The van der Waals surface area contributed by atoms with E-state index in [-0.39, 0.29) is 6.61 Å². The number of nitrogens with one attached hydrogen (secondary N) is 2. The molecule has 0 fully saturated rings. The smallest absolute Gasteiger partial charge is 0.410 e. The van der Waals surface area contributed by atoms with Gasteiger partial charge in [-0.25, -0.2) is 4.79 Å². The van der Waals surface area contributed by atoms with Crippen LogP contribution in [0.15, 0.2) is 60.8 Å². The zero-order chi connectivity index (χ0) is 20.9. The molecule has 0 saturated carbocycles. The summed E-state index contributed by atoms with van der Waals surface area (Å²) in [6, 6.07) is 18.1. The minimum Gasteiger partial charge on any atom is -0.491 e. The van der Waals surface area contributed by atoms with Gasteiger partial charge < -0.3 is 19.9 Å². The molecule has 156 valence electrons. The van der Waals surface area contributed by atoms with Crippen LogP contribution in [0.4, 0.5) is 4.79 Å². The molecule has 1 amide bonds. The minimum absolute atomic E-state index is 0.220. The lowest BCUT2D eigenvalue weighted by atomic mass is 10.1. The first-order valence-corrected chi connectivity index (χ1v) is 9.76. The van der Waals surface area contributed by atoms with Gasteiger partial charge >= 0.3 is 6.09 Å². The molecule has 6 nitrogen and oxygen atoms in total. The van der Waals surface area contributed by atoms with Crippen molar-refractivity contribution in [1.29, 1.82) is 0 Å². The zero-order valence-corrected chi connectivity index (χ0v) is 17.0. The average Bonchev–Trinajstić information content (AvgIpc) is 2.76. The number of aryl methyl sites for hydroxylation is 1. The highest BCUT2D eigenvalue weighted by molar-refractivity contribution is 5.69. The van der Waals surface area contributed by atoms with Crippen LogP contribution in [0, 0.1) is 0 Å². The van der Waals surface area contributed by atoms with Gasteiger partial charge in [0.1, 0.15) is 18.5 Å². The molecule has 6 heteroatoms. The van der Waals surface area contributed by atoms with Gasteiger partial charge in [-0.05, 0) is 49.1 Å². The number of carbonyl (C=O) groups excluding carboxylic acids is 1. The molecule has 0 aliphatic rings. The number of benzene rings is 2. The van der Waals surface area contributed by atoms with E-state index in [2.05, 4.69) is 46.6 Å². The van der Waals surface area contributed by atoms with Crippen LogP contribution >= 0.6 is 0 Å².